The van der Waals surface area contributed by atoms with Crippen molar-refractivity contribution in [3.63, 3.8) is 0 Å². The molecule has 1 saturated heterocycles. The van der Waals surface area contributed by atoms with Crippen LogP contribution in [0.4, 0.5) is 0 Å². The van der Waals surface area contributed by atoms with Crippen molar-refractivity contribution in [2.45, 2.75) is 25.5 Å². The van der Waals surface area contributed by atoms with E-state index in [2.05, 4.69) is 34.7 Å². The molecule has 5 heteroatoms. The molecule has 1 unspecified atom stereocenters. The van der Waals surface area contributed by atoms with E-state index in [-0.39, 0.29) is 11.6 Å². The van der Waals surface area contributed by atoms with Crippen LogP contribution in [-0.4, -0.2) is 36.7 Å². The maximum Gasteiger partial charge on any atom is 0.0753 e. The molecule has 1 aliphatic rings. The lowest BCUT2D eigenvalue weighted by Gasteiger charge is -2.42. The van der Waals surface area contributed by atoms with Gasteiger partial charge in [0.25, 0.3) is 0 Å². The minimum absolute atomic E-state index is 0.120. The Labute approximate surface area is 128 Å². The van der Waals surface area contributed by atoms with E-state index in [1.54, 1.807) is 0 Å². The summed E-state index contributed by atoms with van der Waals surface area (Å²) in [6, 6.07) is 6.07. The van der Waals surface area contributed by atoms with Gasteiger partial charge in [0.05, 0.1) is 12.2 Å². The molecule has 0 aliphatic carbocycles. The Morgan fingerprint density at radius 1 is 1.53 bits per heavy atom. The molecule has 19 heavy (non-hydrogen) atoms. The summed E-state index contributed by atoms with van der Waals surface area (Å²) in [5.74, 6) is 0. The second kappa shape index (κ2) is 6.10. The van der Waals surface area contributed by atoms with E-state index in [1.165, 1.54) is 5.56 Å². The Kier molecular flexibility index (Phi) is 4.90. The van der Waals surface area contributed by atoms with E-state index in [1.807, 2.05) is 18.2 Å². The maximum atomic E-state index is 6.00. The Hall–Kier alpha value is -0.130. The third-order valence-electron chi connectivity index (χ3n) is 3.44. The quantitative estimate of drug-likeness (QED) is 0.912. The molecule has 1 fully saturated rings. The molecule has 0 aromatic heterocycles. The molecule has 2 rings (SSSR count). The minimum Gasteiger partial charge on any atom is -0.373 e. The van der Waals surface area contributed by atoms with Crippen LogP contribution in [-0.2, 0) is 4.74 Å². The maximum absolute atomic E-state index is 6.00. The SMILES string of the molecule is CC1(C)CN(C(CN)c2ccc(Cl)cc2Br)CCO1. The molecule has 1 aromatic rings. The predicted molar refractivity (Wildman–Crippen MR) is 82.6 cm³/mol. The normalized spacial score (nSPS) is 21.3. The number of benzene rings is 1. The number of nitrogens with zero attached hydrogens (tertiary/aromatic N) is 1. The molecule has 1 aliphatic heterocycles. The van der Waals surface area contributed by atoms with Crippen LogP contribution in [0.25, 0.3) is 0 Å². The summed E-state index contributed by atoms with van der Waals surface area (Å²) in [7, 11) is 0. The lowest BCUT2D eigenvalue weighted by molar-refractivity contribution is -0.0968. The van der Waals surface area contributed by atoms with Gasteiger partial charge in [-0.15, -0.1) is 0 Å². The molecular formula is C14H20BrClN2O. The molecule has 3 nitrogen and oxygen atoms in total. The Morgan fingerprint density at radius 2 is 2.26 bits per heavy atom. The monoisotopic (exact) mass is 346 g/mol. The second-order valence-electron chi connectivity index (χ2n) is 5.50. The Balaban J connectivity index is 2.24. The molecule has 0 saturated carbocycles. The van der Waals surface area contributed by atoms with Gasteiger partial charge in [-0.3, -0.25) is 4.90 Å². The van der Waals surface area contributed by atoms with Crippen molar-refractivity contribution in [1.29, 1.82) is 0 Å². The lowest BCUT2D eigenvalue weighted by Crippen LogP contribution is -2.50. The first kappa shape index (κ1) is 15.3. The zero-order valence-corrected chi connectivity index (χ0v) is 13.7. The van der Waals surface area contributed by atoms with Crippen molar-refractivity contribution in [2.24, 2.45) is 5.73 Å². The average Bonchev–Trinajstić information content (AvgIpc) is 2.31. The average molecular weight is 348 g/mol. The van der Waals surface area contributed by atoms with Crippen LogP contribution in [0.1, 0.15) is 25.5 Å². The van der Waals surface area contributed by atoms with Gasteiger partial charge in [-0.2, -0.15) is 0 Å². The highest BCUT2D eigenvalue weighted by Crippen LogP contribution is 2.32. The fraction of sp³-hybridized carbons (Fsp3) is 0.571. The summed E-state index contributed by atoms with van der Waals surface area (Å²) in [5.41, 5.74) is 7.06. The number of halogens is 2. The van der Waals surface area contributed by atoms with Gasteiger partial charge in [-0.05, 0) is 31.5 Å². The van der Waals surface area contributed by atoms with E-state index in [4.69, 9.17) is 22.1 Å². The van der Waals surface area contributed by atoms with E-state index >= 15 is 0 Å². The highest BCUT2D eigenvalue weighted by molar-refractivity contribution is 9.10. The van der Waals surface area contributed by atoms with Gasteiger partial charge in [0, 0.05) is 35.2 Å². The molecule has 106 valence electrons. The highest BCUT2D eigenvalue weighted by Gasteiger charge is 2.32. The fourth-order valence-electron chi connectivity index (χ4n) is 2.56. The number of hydrogen-bond donors (Lipinski definition) is 1. The molecule has 0 radical (unpaired) electrons. The zero-order valence-electron chi connectivity index (χ0n) is 11.3. The third kappa shape index (κ3) is 3.70. The van der Waals surface area contributed by atoms with Crippen LogP contribution in [0, 0.1) is 0 Å². The van der Waals surface area contributed by atoms with Crippen molar-refractivity contribution in [3.8, 4) is 0 Å². The number of ether oxygens (including phenoxy) is 1. The standard InChI is InChI=1S/C14H20BrClN2O/c1-14(2)9-18(5-6-19-14)13(8-17)11-4-3-10(16)7-12(11)15/h3-4,7,13H,5-6,8-9,17H2,1-2H3. The summed E-state index contributed by atoms with van der Waals surface area (Å²) in [4.78, 5) is 2.39. The van der Waals surface area contributed by atoms with E-state index in [0.717, 1.165) is 29.2 Å². The van der Waals surface area contributed by atoms with Gasteiger partial charge >= 0.3 is 0 Å². The summed E-state index contributed by atoms with van der Waals surface area (Å²) in [5, 5.41) is 0.730. The van der Waals surface area contributed by atoms with Crippen LogP contribution >= 0.6 is 27.5 Å². The summed E-state index contributed by atoms with van der Waals surface area (Å²) in [6.07, 6.45) is 0. The van der Waals surface area contributed by atoms with Crippen molar-refractivity contribution in [1.82, 2.24) is 4.90 Å². The van der Waals surface area contributed by atoms with Gasteiger partial charge in [0.15, 0.2) is 0 Å². The third-order valence-corrected chi connectivity index (χ3v) is 4.36. The van der Waals surface area contributed by atoms with E-state index in [0.29, 0.717) is 6.54 Å². The van der Waals surface area contributed by atoms with Crippen molar-refractivity contribution < 1.29 is 4.74 Å². The van der Waals surface area contributed by atoms with Crippen LogP contribution in [0.2, 0.25) is 5.02 Å². The number of morpholine rings is 1. The molecule has 0 amide bonds. The van der Waals surface area contributed by atoms with Crippen LogP contribution in [0.3, 0.4) is 0 Å². The summed E-state index contributed by atoms with van der Waals surface area (Å²) < 4.78 is 6.77. The largest absolute Gasteiger partial charge is 0.373 e. The first-order chi connectivity index (χ1) is 8.93. The molecule has 1 heterocycles. The molecule has 1 aromatic carbocycles. The molecule has 2 N–H and O–H groups in total. The molecule has 0 spiro atoms. The predicted octanol–water partition coefficient (Wildman–Crippen LogP) is 3.21. The van der Waals surface area contributed by atoms with Gasteiger partial charge in [0.2, 0.25) is 0 Å². The van der Waals surface area contributed by atoms with Gasteiger partial charge < -0.3 is 10.5 Å². The first-order valence-electron chi connectivity index (χ1n) is 6.46. The summed E-state index contributed by atoms with van der Waals surface area (Å²) in [6.45, 7) is 7.34. The smallest absolute Gasteiger partial charge is 0.0753 e. The topological polar surface area (TPSA) is 38.5 Å². The van der Waals surface area contributed by atoms with E-state index < -0.39 is 0 Å². The number of nitrogens with two attached hydrogens (primary N) is 1. The molecule has 0 bridgehead atoms. The zero-order chi connectivity index (χ0) is 14.0. The van der Waals surface area contributed by atoms with Gasteiger partial charge in [0.1, 0.15) is 0 Å². The number of hydrogen-bond acceptors (Lipinski definition) is 3. The van der Waals surface area contributed by atoms with Crippen molar-refractivity contribution >= 4 is 27.5 Å². The molecule has 1 atom stereocenters. The van der Waals surface area contributed by atoms with Gasteiger partial charge in [-0.25, -0.2) is 0 Å². The molecular weight excluding hydrogens is 328 g/mol. The van der Waals surface area contributed by atoms with E-state index in [9.17, 15) is 0 Å². The first-order valence-corrected chi connectivity index (χ1v) is 7.63. The minimum atomic E-state index is -0.120. The van der Waals surface area contributed by atoms with Crippen LogP contribution in [0.15, 0.2) is 22.7 Å². The van der Waals surface area contributed by atoms with Gasteiger partial charge in [-0.1, -0.05) is 33.6 Å². The number of rotatable bonds is 3. The Bertz CT molecular complexity index is 453. The Morgan fingerprint density at radius 3 is 2.84 bits per heavy atom. The van der Waals surface area contributed by atoms with Crippen LogP contribution < -0.4 is 5.73 Å². The second-order valence-corrected chi connectivity index (χ2v) is 6.79. The fourth-order valence-corrected chi connectivity index (χ4v) is 3.51. The van der Waals surface area contributed by atoms with Crippen molar-refractivity contribution in [2.75, 3.05) is 26.2 Å². The van der Waals surface area contributed by atoms with Crippen LogP contribution in [0.5, 0.6) is 0 Å². The van der Waals surface area contributed by atoms with Crippen molar-refractivity contribution in [3.05, 3.63) is 33.3 Å². The highest BCUT2D eigenvalue weighted by atomic mass is 79.9. The lowest BCUT2D eigenvalue weighted by atomic mass is 10.0. The summed E-state index contributed by atoms with van der Waals surface area (Å²) >= 11 is 9.59.